The van der Waals surface area contributed by atoms with Gasteiger partial charge in [-0.1, -0.05) is 39.8 Å². The molecule has 0 bridgehead atoms. The summed E-state index contributed by atoms with van der Waals surface area (Å²) in [6.45, 7) is 3.25. The van der Waals surface area contributed by atoms with Crippen LogP contribution in [0.4, 0.5) is 16.3 Å². The highest BCUT2D eigenvalue weighted by Gasteiger charge is 2.22. The molecule has 0 fully saturated rings. The van der Waals surface area contributed by atoms with E-state index in [0.29, 0.717) is 27.1 Å². The number of anilines is 2. The lowest BCUT2D eigenvalue weighted by Gasteiger charge is -2.13. The molecule has 0 aromatic carbocycles. The zero-order chi connectivity index (χ0) is 22.9. The Morgan fingerprint density at radius 2 is 2.00 bits per heavy atom. The Kier molecular flexibility index (Phi) is 6.69. The van der Waals surface area contributed by atoms with Crippen molar-refractivity contribution < 1.29 is 17.9 Å². The zero-order valence-electron chi connectivity index (χ0n) is 16.7. The topological polar surface area (TPSA) is 141 Å². The minimum absolute atomic E-state index is 0.232. The number of aromatic nitrogens is 5. The van der Waals surface area contributed by atoms with Gasteiger partial charge in [-0.25, -0.2) is 27.9 Å². The number of pyridine rings is 1. The van der Waals surface area contributed by atoms with Gasteiger partial charge < -0.3 is 4.74 Å². The Labute approximate surface area is 191 Å². The maximum absolute atomic E-state index is 12.4. The average Bonchev–Trinajstić information content (AvgIpc) is 3.17. The molecule has 15 heteroatoms. The first-order valence-corrected chi connectivity index (χ1v) is 12.1. The molecule has 3 aromatic heterocycles. The predicted octanol–water partition coefficient (Wildman–Crippen LogP) is 3.63. The Morgan fingerprint density at radius 3 is 2.58 bits per heavy atom. The average molecular weight is 506 g/mol. The second kappa shape index (κ2) is 8.94. The molecule has 0 spiro atoms. The number of rotatable bonds is 6. The Bertz CT molecular complexity index is 1240. The van der Waals surface area contributed by atoms with Crippen LogP contribution in [0.2, 0.25) is 8.80 Å². The van der Waals surface area contributed by atoms with Gasteiger partial charge in [-0.2, -0.15) is 0 Å². The number of halogens is 2. The van der Waals surface area contributed by atoms with Crippen LogP contribution < -0.4 is 10.0 Å². The molecular weight excluding hydrogens is 489 g/mol. The van der Waals surface area contributed by atoms with Crippen molar-refractivity contribution >= 4 is 62.2 Å². The molecule has 166 valence electrons. The van der Waals surface area contributed by atoms with Crippen molar-refractivity contribution in [1.82, 2.24) is 25.0 Å². The number of hydrogen-bond donors (Lipinski definition) is 2. The first-order chi connectivity index (χ1) is 14.4. The van der Waals surface area contributed by atoms with E-state index in [0.717, 1.165) is 17.6 Å². The molecule has 0 saturated heterocycles. The van der Waals surface area contributed by atoms with E-state index in [-0.39, 0.29) is 16.0 Å². The monoisotopic (exact) mass is 505 g/mol. The van der Waals surface area contributed by atoms with Gasteiger partial charge in [0.2, 0.25) is 10.0 Å². The van der Waals surface area contributed by atoms with Gasteiger partial charge in [0, 0.05) is 7.05 Å². The number of thiazole rings is 1. The largest absolute Gasteiger partial charge is 0.440 e. The van der Waals surface area contributed by atoms with Crippen LogP contribution in [0.3, 0.4) is 0 Å². The van der Waals surface area contributed by atoms with Crippen LogP contribution in [0, 0.1) is 6.92 Å². The number of carbonyl (C=O) groups excluding carboxylic acids is 1. The third-order valence-electron chi connectivity index (χ3n) is 3.92. The van der Waals surface area contributed by atoms with Crippen LogP contribution >= 0.6 is 34.5 Å². The van der Waals surface area contributed by atoms with E-state index in [1.807, 2.05) is 0 Å². The van der Waals surface area contributed by atoms with Gasteiger partial charge in [0.05, 0.1) is 23.3 Å². The van der Waals surface area contributed by atoms with Crippen molar-refractivity contribution in [3.63, 3.8) is 0 Å². The van der Waals surface area contributed by atoms with E-state index in [9.17, 15) is 13.2 Å². The van der Waals surface area contributed by atoms with Gasteiger partial charge in [-0.3, -0.25) is 10.0 Å². The standard InChI is InChI=1S/C16H17Cl2N7O4S2/c1-7-9(23-31(4,27)28)5-6-10(19-7)12-14(25(3)24-22-12)21-16(26)29-8(2)11-13(17)30-15(18)20-11/h5-6,8,23H,1-4H3,(H,21,26)/t8-/m1/s1. The van der Waals surface area contributed by atoms with Gasteiger partial charge in [-0.15, -0.1) is 5.10 Å². The van der Waals surface area contributed by atoms with Crippen molar-refractivity contribution in [1.29, 1.82) is 0 Å². The van der Waals surface area contributed by atoms with Crippen molar-refractivity contribution in [3.8, 4) is 11.4 Å². The number of carbonyl (C=O) groups is 1. The van der Waals surface area contributed by atoms with Crippen LogP contribution in [-0.2, 0) is 21.8 Å². The smallest absolute Gasteiger partial charge is 0.413 e. The molecular formula is C16H17Cl2N7O4S2. The van der Waals surface area contributed by atoms with E-state index in [1.165, 1.54) is 4.68 Å². The molecule has 3 heterocycles. The van der Waals surface area contributed by atoms with E-state index in [1.54, 1.807) is 33.0 Å². The summed E-state index contributed by atoms with van der Waals surface area (Å²) >= 11 is 13.0. The summed E-state index contributed by atoms with van der Waals surface area (Å²) < 4.78 is 32.5. The Morgan fingerprint density at radius 1 is 1.29 bits per heavy atom. The van der Waals surface area contributed by atoms with Crippen molar-refractivity contribution in [2.24, 2.45) is 7.05 Å². The molecule has 11 nitrogen and oxygen atoms in total. The van der Waals surface area contributed by atoms with Gasteiger partial charge in [0.15, 0.2) is 16.0 Å². The molecule has 1 amide bonds. The maximum Gasteiger partial charge on any atom is 0.413 e. The lowest BCUT2D eigenvalue weighted by molar-refractivity contribution is 0.119. The third-order valence-corrected chi connectivity index (χ3v) is 5.90. The van der Waals surface area contributed by atoms with E-state index < -0.39 is 22.2 Å². The first-order valence-electron chi connectivity index (χ1n) is 8.59. The van der Waals surface area contributed by atoms with Gasteiger partial charge >= 0.3 is 6.09 Å². The number of hydrogen-bond acceptors (Lipinski definition) is 9. The first kappa shape index (κ1) is 23.2. The zero-order valence-corrected chi connectivity index (χ0v) is 19.8. The second-order valence-electron chi connectivity index (χ2n) is 6.41. The third kappa shape index (κ3) is 5.61. The maximum atomic E-state index is 12.4. The Balaban J connectivity index is 1.80. The number of aryl methyl sites for hydroxylation is 2. The van der Waals surface area contributed by atoms with E-state index >= 15 is 0 Å². The summed E-state index contributed by atoms with van der Waals surface area (Å²) in [5.74, 6) is 0.232. The molecule has 3 rings (SSSR count). The number of nitrogens with one attached hydrogen (secondary N) is 2. The molecule has 0 aliphatic rings. The molecule has 3 aromatic rings. The van der Waals surface area contributed by atoms with Crippen LogP contribution in [0.15, 0.2) is 12.1 Å². The van der Waals surface area contributed by atoms with Crippen LogP contribution in [0.25, 0.3) is 11.4 Å². The number of sulfonamides is 1. The minimum Gasteiger partial charge on any atom is -0.440 e. The summed E-state index contributed by atoms with van der Waals surface area (Å²) in [6, 6.07) is 3.10. The molecule has 2 N–H and O–H groups in total. The highest BCUT2D eigenvalue weighted by molar-refractivity contribution is 7.92. The Hall–Kier alpha value is -2.48. The lowest BCUT2D eigenvalue weighted by Crippen LogP contribution is -2.18. The summed E-state index contributed by atoms with van der Waals surface area (Å²) in [6.07, 6.45) is -0.487. The highest BCUT2D eigenvalue weighted by atomic mass is 35.5. The number of amides is 1. The fraction of sp³-hybridized carbons (Fsp3) is 0.312. The lowest BCUT2D eigenvalue weighted by atomic mass is 10.2. The molecule has 0 aliphatic heterocycles. The van der Waals surface area contributed by atoms with Crippen LogP contribution in [0.5, 0.6) is 0 Å². The van der Waals surface area contributed by atoms with Gasteiger partial charge in [0.25, 0.3) is 0 Å². The summed E-state index contributed by atoms with van der Waals surface area (Å²) in [7, 11) is -1.87. The van der Waals surface area contributed by atoms with Gasteiger partial charge in [-0.05, 0) is 26.0 Å². The molecule has 0 radical (unpaired) electrons. The van der Waals surface area contributed by atoms with Crippen molar-refractivity contribution in [2.75, 3.05) is 16.3 Å². The molecule has 0 aliphatic carbocycles. The van der Waals surface area contributed by atoms with Crippen molar-refractivity contribution in [3.05, 3.63) is 32.3 Å². The van der Waals surface area contributed by atoms with E-state index in [2.05, 4.69) is 30.3 Å². The second-order valence-corrected chi connectivity index (χ2v) is 10.3. The molecule has 1 atom stereocenters. The highest BCUT2D eigenvalue weighted by Crippen LogP contribution is 2.33. The predicted molar refractivity (Wildman–Crippen MR) is 118 cm³/mol. The fourth-order valence-electron chi connectivity index (χ4n) is 2.55. The molecule has 0 unspecified atom stereocenters. The van der Waals surface area contributed by atoms with Crippen LogP contribution in [-0.4, -0.2) is 45.7 Å². The van der Waals surface area contributed by atoms with Crippen molar-refractivity contribution in [2.45, 2.75) is 20.0 Å². The minimum atomic E-state index is -3.45. The molecule has 31 heavy (non-hydrogen) atoms. The van der Waals surface area contributed by atoms with Crippen LogP contribution in [0.1, 0.15) is 24.4 Å². The summed E-state index contributed by atoms with van der Waals surface area (Å²) in [5, 5.41) is 10.5. The summed E-state index contributed by atoms with van der Waals surface area (Å²) in [5.41, 5.74) is 1.75. The normalized spacial score (nSPS) is 12.5. The SMILES string of the molecule is Cc1nc(-c2nnn(C)c2NC(=O)O[C@H](C)c2nc(Cl)sc2Cl)ccc1NS(C)(=O)=O. The quantitative estimate of drug-likeness (QED) is 0.516. The fourth-order valence-corrected chi connectivity index (χ4v) is 4.63. The van der Waals surface area contributed by atoms with Gasteiger partial charge in [0.1, 0.15) is 16.1 Å². The van der Waals surface area contributed by atoms with E-state index in [4.69, 9.17) is 27.9 Å². The molecule has 0 saturated carbocycles. The number of nitrogens with zero attached hydrogens (tertiary/aromatic N) is 5. The number of ether oxygens (including phenoxy) is 1. The summed E-state index contributed by atoms with van der Waals surface area (Å²) in [4.78, 5) is 20.8.